The molecule has 4 heteroatoms. The lowest BCUT2D eigenvalue weighted by molar-refractivity contribution is 0.476. The van der Waals surface area contributed by atoms with Crippen LogP contribution in [-0.2, 0) is 0 Å². The maximum Gasteiger partial charge on any atom is 0.124 e. The minimum absolute atomic E-state index is 0.248. The van der Waals surface area contributed by atoms with E-state index in [9.17, 15) is 5.11 Å². The van der Waals surface area contributed by atoms with Crippen LogP contribution in [0.4, 0.5) is 5.69 Å². The van der Waals surface area contributed by atoms with E-state index in [1.165, 1.54) is 5.56 Å². The fourth-order valence-electron chi connectivity index (χ4n) is 2.73. The topological polar surface area (TPSA) is 45.2 Å². The van der Waals surface area contributed by atoms with Crippen LogP contribution in [0.2, 0.25) is 0 Å². The van der Waals surface area contributed by atoms with Crippen molar-refractivity contribution in [3.8, 4) is 16.3 Å². The average Bonchev–Trinajstić information content (AvgIpc) is 3.10. The molecule has 3 aromatic carbocycles. The van der Waals surface area contributed by atoms with E-state index in [4.69, 9.17) is 0 Å². The van der Waals surface area contributed by atoms with Gasteiger partial charge in [0.05, 0.1) is 10.2 Å². The lowest BCUT2D eigenvalue weighted by atomic mass is 10.1. The Kier molecular flexibility index (Phi) is 4.42. The summed E-state index contributed by atoms with van der Waals surface area (Å²) < 4.78 is 1.08. The standard InChI is InChI=1S/C22H18N2OS/c1-23-18-10-6-16(7-11-18)3-2-15-4-8-17(9-5-15)22-24-20-14-19(25)12-13-21(20)26-22/h2-14,23,25H,1H3. The van der Waals surface area contributed by atoms with Gasteiger partial charge in [-0.2, -0.15) is 0 Å². The van der Waals surface area contributed by atoms with Crippen LogP contribution in [0.5, 0.6) is 5.75 Å². The van der Waals surface area contributed by atoms with Gasteiger partial charge in [-0.25, -0.2) is 4.98 Å². The third kappa shape index (κ3) is 3.46. The minimum atomic E-state index is 0.248. The first-order valence-electron chi connectivity index (χ1n) is 8.37. The molecule has 0 radical (unpaired) electrons. The number of thiazole rings is 1. The van der Waals surface area contributed by atoms with Gasteiger partial charge in [0.15, 0.2) is 0 Å². The molecule has 0 saturated heterocycles. The molecule has 0 bridgehead atoms. The van der Waals surface area contributed by atoms with Gasteiger partial charge in [0.2, 0.25) is 0 Å². The van der Waals surface area contributed by atoms with Crippen molar-refractivity contribution >= 4 is 39.4 Å². The smallest absolute Gasteiger partial charge is 0.124 e. The number of nitrogens with one attached hydrogen (secondary N) is 1. The number of hydrogen-bond donors (Lipinski definition) is 2. The number of nitrogens with zero attached hydrogens (tertiary/aromatic N) is 1. The second-order valence-electron chi connectivity index (χ2n) is 6.00. The van der Waals surface area contributed by atoms with E-state index in [1.54, 1.807) is 23.5 Å². The lowest BCUT2D eigenvalue weighted by Crippen LogP contribution is -1.86. The van der Waals surface area contributed by atoms with Crippen molar-refractivity contribution in [2.75, 3.05) is 12.4 Å². The number of phenolic OH excluding ortho intramolecular Hbond substituents is 1. The Hall–Kier alpha value is -3.11. The van der Waals surface area contributed by atoms with E-state index in [1.807, 2.05) is 13.1 Å². The molecule has 0 fully saturated rings. The molecule has 0 saturated carbocycles. The molecule has 128 valence electrons. The first-order valence-corrected chi connectivity index (χ1v) is 9.19. The monoisotopic (exact) mass is 358 g/mol. The van der Waals surface area contributed by atoms with E-state index in [2.05, 4.69) is 71.0 Å². The maximum absolute atomic E-state index is 9.58. The summed E-state index contributed by atoms with van der Waals surface area (Å²) in [6, 6.07) is 22.0. The molecule has 1 aromatic heterocycles. The highest BCUT2D eigenvalue weighted by atomic mass is 32.1. The molecule has 4 aromatic rings. The molecule has 0 unspecified atom stereocenters. The number of aromatic hydroxyl groups is 1. The number of phenols is 1. The van der Waals surface area contributed by atoms with E-state index < -0.39 is 0 Å². The van der Waals surface area contributed by atoms with Crippen molar-refractivity contribution < 1.29 is 5.11 Å². The van der Waals surface area contributed by atoms with E-state index in [0.717, 1.165) is 32.0 Å². The molecular formula is C22H18N2OS. The predicted octanol–water partition coefficient (Wildman–Crippen LogP) is 5.88. The summed E-state index contributed by atoms with van der Waals surface area (Å²) in [5.41, 5.74) is 5.33. The van der Waals surface area contributed by atoms with Crippen molar-refractivity contribution in [2.45, 2.75) is 0 Å². The molecule has 3 nitrogen and oxygen atoms in total. The quantitative estimate of drug-likeness (QED) is 0.448. The number of benzene rings is 3. The molecule has 4 rings (SSSR count). The summed E-state index contributed by atoms with van der Waals surface area (Å²) in [4.78, 5) is 4.62. The molecular weight excluding hydrogens is 340 g/mol. The van der Waals surface area contributed by atoms with Gasteiger partial charge >= 0.3 is 0 Å². The minimum Gasteiger partial charge on any atom is -0.508 e. The summed E-state index contributed by atoms with van der Waals surface area (Å²) in [7, 11) is 1.92. The zero-order valence-corrected chi connectivity index (χ0v) is 15.1. The second kappa shape index (κ2) is 7.02. The molecule has 26 heavy (non-hydrogen) atoms. The van der Waals surface area contributed by atoms with Crippen molar-refractivity contribution in [2.24, 2.45) is 0 Å². The van der Waals surface area contributed by atoms with Crippen LogP contribution in [0, 0.1) is 0 Å². The lowest BCUT2D eigenvalue weighted by Gasteiger charge is -2.00. The van der Waals surface area contributed by atoms with Gasteiger partial charge in [0.1, 0.15) is 10.8 Å². The zero-order chi connectivity index (χ0) is 17.9. The molecule has 1 heterocycles. The largest absolute Gasteiger partial charge is 0.508 e. The molecule has 2 N–H and O–H groups in total. The Bertz CT molecular complexity index is 1060. The third-order valence-electron chi connectivity index (χ3n) is 4.20. The van der Waals surface area contributed by atoms with Gasteiger partial charge in [0.25, 0.3) is 0 Å². The van der Waals surface area contributed by atoms with Crippen LogP contribution in [0.1, 0.15) is 11.1 Å². The third-order valence-corrected chi connectivity index (χ3v) is 5.28. The number of anilines is 1. The first-order chi connectivity index (χ1) is 12.7. The molecule has 0 spiro atoms. The van der Waals surface area contributed by atoms with Crippen molar-refractivity contribution in [3.63, 3.8) is 0 Å². The van der Waals surface area contributed by atoms with E-state index in [-0.39, 0.29) is 5.75 Å². The molecule has 0 aliphatic carbocycles. The first kappa shape index (κ1) is 16.4. The van der Waals surface area contributed by atoms with Crippen LogP contribution >= 0.6 is 11.3 Å². The number of aromatic nitrogens is 1. The predicted molar refractivity (Wildman–Crippen MR) is 112 cm³/mol. The van der Waals surface area contributed by atoms with Crippen molar-refractivity contribution in [1.29, 1.82) is 0 Å². The van der Waals surface area contributed by atoms with Crippen LogP contribution < -0.4 is 5.32 Å². The van der Waals surface area contributed by atoms with Crippen LogP contribution in [0.25, 0.3) is 32.9 Å². The molecule has 0 aliphatic heterocycles. The number of hydrogen-bond acceptors (Lipinski definition) is 4. The van der Waals surface area contributed by atoms with Gasteiger partial charge < -0.3 is 10.4 Å². The van der Waals surface area contributed by atoms with Gasteiger partial charge in [-0.05, 0) is 35.4 Å². The van der Waals surface area contributed by atoms with Crippen LogP contribution in [0.3, 0.4) is 0 Å². The SMILES string of the molecule is CNc1ccc(C=Cc2ccc(-c3nc4cc(O)ccc4s3)cc2)cc1. The summed E-state index contributed by atoms with van der Waals surface area (Å²) in [6.07, 6.45) is 4.21. The Labute approximate surface area is 156 Å². The molecule has 0 aliphatic rings. The van der Waals surface area contributed by atoms with Crippen LogP contribution in [0.15, 0.2) is 66.7 Å². The normalized spacial score (nSPS) is 11.3. The van der Waals surface area contributed by atoms with Gasteiger partial charge in [-0.3, -0.25) is 0 Å². The summed E-state index contributed by atoms with van der Waals surface area (Å²) >= 11 is 1.63. The van der Waals surface area contributed by atoms with Crippen LogP contribution in [-0.4, -0.2) is 17.1 Å². The Balaban J connectivity index is 1.54. The molecule has 0 amide bonds. The summed E-state index contributed by atoms with van der Waals surface area (Å²) in [6.45, 7) is 0. The van der Waals surface area contributed by atoms with E-state index >= 15 is 0 Å². The number of rotatable bonds is 4. The summed E-state index contributed by atoms with van der Waals surface area (Å²) in [5, 5.41) is 13.7. The van der Waals surface area contributed by atoms with E-state index in [0.29, 0.717) is 0 Å². The highest BCUT2D eigenvalue weighted by Crippen LogP contribution is 2.32. The second-order valence-corrected chi connectivity index (χ2v) is 7.03. The zero-order valence-electron chi connectivity index (χ0n) is 14.3. The average molecular weight is 358 g/mol. The maximum atomic E-state index is 9.58. The Morgan fingerprint density at radius 1 is 0.885 bits per heavy atom. The number of fused-ring (bicyclic) bond motifs is 1. The molecule has 0 atom stereocenters. The van der Waals surface area contributed by atoms with Gasteiger partial charge in [-0.15, -0.1) is 11.3 Å². The highest BCUT2D eigenvalue weighted by molar-refractivity contribution is 7.21. The van der Waals surface area contributed by atoms with Gasteiger partial charge in [-0.1, -0.05) is 48.6 Å². The van der Waals surface area contributed by atoms with Crippen molar-refractivity contribution in [3.05, 3.63) is 77.9 Å². The van der Waals surface area contributed by atoms with Crippen molar-refractivity contribution in [1.82, 2.24) is 4.98 Å². The fraction of sp³-hybridized carbons (Fsp3) is 0.0455. The highest BCUT2D eigenvalue weighted by Gasteiger charge is 2.06. The summed E-state index contributed by atoms with van der Waals surface area (Å²) in [5.74, 6) is 0.248. The fourth-order valence-corrected chi connectivity index (χ4v) is 3.68. The Morgan fingerprint density at radius 2 is 1.54 bits per heavy atom. The van der Waals surface area contributed by atoms with Gasteiger partial charge in [0, 0.05) is 24.4 Å². The Morgan fingerprint density at radius 3 is 2.19 bits per heavy atom.